The molecule has 20 heavy (non-hydrogen) atoms. The van der Waals surface area contributed by atoms with Crippen LogP contribution in [0.1, 0.15) is 5.56 Å². The summed E-state index contributed by atoms with van der Waals surface area (Å²) in [6.07, 6.45) is 0. The van der Waals surface area contributed by atoms with Crippen LogP contribution in [0.3, 0.4) is 0 Å². The summed E-state index contributed by atoms with van der Waals surface area (Å²) in [5.74, 6) is 0.898. The molecule has 1 aliphatic heterocycles. The monoisotopic (exact) mass is 309 g/mol. The zero-order valence-corrected chi connectivity index (χ0v) is 12.9. The first-order valence-corrected chi connectivity index (χ1v) is 7.52. The van der Waals surface area contributed by atoms with Crippen LogP contribution in [0.4, 0.5) is 16.4 Å². The fourth-order valence-corrected chi connectivity index (χ4v) is 3.37. The second kappa shape index (κ2) is 5.42. The van der Waals surface area contributed by atoms with Crippen molar-refractivity contribution in [2.45, 2.75) is 6.54 Å². The van der Waals surface area contributed by atoms with Crippen molar-refractivity contribution in [3.63, 3.8) is 0 Å². The van der Waals surface area contributed by atoms with Gasteiger partial charge in [-0.25, -0.2) is 0 Å². The number of methoxy groups -OCH3 is 1. The summed E-state index contributed by atoms with van der Waals surface area (Å²) in [5.41, 5.74) is 3.50. The molecule has 1 aromatic carbocycles. The number of halogens is 1. The first kappa shape index (κ1) is 13.4. The van der Waals surface area contributed by atoms with Gasteiger partial charge < -0.3 is 20.3 Å². The summed E-state index contributed by atoms with van der Waals surface area (Å²) in [7, 11) is 3.78. The number of anilines is 3. The van der Waals surface area contributed by atoms with E-state index < -0.39 is 0 Å². The number of rotatable bonds is 4. The highest BCUT2D eigenvalue weighted by atomic mass is 35.5. The Labute approximate surface area is 127 Å². The van der Waals surface area contributed by atoms with Crippen molar-refractivity contribution in [2.24, 2.45) is 0 Å². The highest BCUT2D eigenvalue weighted by Crippen LogP contribution is 2.39. The lowest BCUT2D eigenvalue weighted by Crippen LogP contribution is -2.17. The summed E-state index contributed by atoms with van der Waals surface area (Å²) < 4.78 is 6.28. The molecule has 3 rings (SSSR count). The van der Waals surface area contributed by atoms with Crippen LogP contribution in [0.15, 0.2) is 24.3 Å². The van der Waals surface area contributed by atoms with Crippen molar-refractivity contribution in [1.29, 1.82) is 0 Å². The third-order valence-corrected chi connectivity index (χ3v) is 4.55. The second-order valence-electron chi connectivity index (χ2n) is 4.63. The molecule has 2 heterocycles. The van der Waals surface area contributed by atoms with Gasteiger partial charge in [0.15, 0.2) is 0 Å². The number of benzene rings is 1. The summed E-state index contributed by atoms with van der Waals surface area (Å²) in [6, 6.07) is 7.95. The SMILES string of the molecule is COc1ccc2c(c1CNc1ccc(Cl)s1)N(C)CN2. The Morgan fingerprint density at radius 2 is 2.25 bits per heavy atom. The summed E-state index contributed by atoms with van der Waals surface area (Å²) in [6.45, 7) is 1.52. The lowest BCUT2D eigenvalue weighted by Gasteiger charge is -2.18. The van der Waals surface area contributed by atoms with Gasteiger partial charge in [0.2, 0.25) is 0 Å². The topological polar surface area (TPSA) is 36.5 Å². The van der Waals surface area contributed by atoms with Crippen molar-refractivity contribution < 1.29 is 4.74 Å². The smallest absolute Gasteiger partial charge is 0.126 e. The molecule has 0 amide bonds. The van der Waals surface area contributed by atoms with Gasteiger partial charge in [0.05, 0.1) is 34.5 Å². The standard InChI is InChI=1S/C14H16ClN3OS/c1-18-8-17-10-3-4-11(19-2)9(14(10)18)7-16-13-6-5-12(15)20-13/h3-6,16-17H,7-8H2,1-2H3. The first-order valence-electron chi connectivity index (χ1n) is 6.33. The molecule has 0 fully saturated rings. The van der Waals surface area contributed by atoms with E-state index in [0.29, 0.717) is 6.54 Å². The highest BCUT2D eigenvalue weighted by Gasteiger charge is 2.22. The normalized spacial score (nSPS) is 13.1. The van der Waals surface area contributed by atoms with Gasteiger partial charge in [0, 0.05) is 19.2 Å². The van der Waals surface area contributed by atoms with Crippen molar-refractivity contribution >= 4 is 39.3 Å². The Bertz CT molecular complexity index is 629. The van der Waals surface area contributed by atoms with Gasteiger partial charge in [-0.05, 0) is 24.3 Å². The van der Waals surface area contributed by atoms with E-state index in [4.69, 9.17) is 16.3 Å². The predicted molar refractivity (Wildman–Crippen MR) is 86.5 cm³/mol. The Hall–Kier alpha value is -1.59. The molecule has 0 aliphatic carbocycles. The van der Waals surface area contributed by atoms with Crippen LogP contribution in [-0.2, 0) is 6.54 Å². The maximum absolute atomic E-state index is 5.95. The highest BCUT2D eigenvalue weighted by molar-refractivity contribution is 7.19. The maximum atomic E-state index is 5.95. The number of hydrogen-bond acceptors (Lipinski definition) is 5. The summed E-state index contributed by atoms with van der Waals surface area (Å²) in [5, 5.41) is 7.83. The van der Waals surface area contributed by atoms with Crippen molar-refractivity contribution in [1.82, 2.24) is 0 Å². The second-order valence-corrected chi connectivity index (χ2v) is 6.35. The van der Waals surface area contributed by atoms with Crippen molar-refractivity contribution in [2.75, 3.05) is 36.4 Å². The lowest BCUT2D eigenvalue weighted by atomic mass is 10.1. The van der Waals surface area contributed by atoms with Crippen LogP contribution < -0.4 is 20.3 Å². The quantitative estimate of drug-likeness (QED) is 0.899. The number of ether oxygens (including phenoxy) is 1. The van der Waals surface area contributed by atoms with E-state index in [1.165, 1.54) is 17.0 Å². The van der Waals surface area contributed by atoms with Crippen molar-refractivity contribution in [3.05, 3.63) is 34.2 Å². The van der Waals surface area contributed by atoms with Crippen LogP contribution in [0.25, 0.3) is 0 Å². The molecule has 0 atom stereocenters. The van der Waals surface area contributed by atoms with Gasteiger partial charge in [-0.1, -0.05) is 11.6 Å². The van der Waals surface area contributed by atoms with Gasteiger partial charge in [0.25, 0.3) is 0 Å². The molecule has 0 saturated heterocycles. The van der Waals surface area contributed by atoms with Gasteiger partial charge in [-0.15, -0.1) is 11.3 Å². The predicted octanol–water partition coefficient (Wildman–Crippen LogP) is 3.84. The fraction of sp³-hybridized carbons (Fsp3) is 0.286. The maximum Gasteiger partial charge on any atom is 0.126 e. The van der Waals surface area contributed by atoms with Crippen LogP contribution >= 0.6 is 22.9 Å². The number of fused-ring (bicyclic) bond motifs is 1. The van der Waals surface area contributed by atoms with E-state index in [2.05, 4.69) is 28.6 Å². The van der Waals surface area contributed by atoms with Crippen LogP contribution in [0.5, 0.6) is 5.75 Å². The third kappa shape index (κ3) is 2.39. The number of nitrogens with one attached hydrogen (secondary N) is 2. The van der Waals surface area contributed by atoms with E-state index in [9.17, 15) is 0 Å². The number of thiophene rings is 1. The van der Waals surface area contributed by atoms with E-state index in [-0.39, 0.29) is 0 Å². The number of nitrogens with zero attached hydrogens (tertiary/aromatic N) is 1. The minimum atomic E-state index is 0.704. The average molecular weight is 310 g/mol. The molecule has 1 aromatic heterocycles. The first-order chi connectivity index (χ1) is 9.69. The molecule has 4 nitrogen and oxygen atoms in total. The van der Waals surface area contributed by atoms with Gasteiger partial charge in [-0.3, -0.25) is 0 Å². The molecule has 6 heteroatoms. The van der Waals surface area contributed by atoms with Crippen molar-refractivity contribution in [3.8, 4) is 5.75 Å². The largest absolute Gasteiger partial charge is 0.496 e. The third-order valence-electron chi connectivity index (χ3n) is 3.36. The Morgan fingerprint density at radius 3 is 2.95 bits per heavy atom. The van der Waals surface area contributed by atoms with E-state index in [1.54, 1.807) is 7.11 Å². The van der Waals surface area contributed by atoms with Gasteiger partial charge in [0.1, 0.15) is 5.75 Å². The molecule has 2 N–H and O–H groups in total. The van der Waals surface area contributed by atoms with Crippen LogP contribution in [0.2, 0.25) is 4.34 Å². The minimum Gasteiger partial charge on any atom is -0.496 e. The summed E-state index contributed by atoms with van der Waals surface area (Å²) in [4.78, 5) is 2.19. The van der Waals surface area contributed by atoms with E-state index in [0.717, 1.165) is 33.0 Å². The number of hydrogen-bond donors (Lipinski definition) is 2. The Balaban J connectivity index is 1.89. The molecule has 0 unspecified atom stereocenters. The Morgan fingerprint density at radius 1 is 1.40 bits per heavy atom. The molecule has 106 valence electrons. The Kier molecular flexibility index (Phi) is 3.63. The molecule has 0 saturated carbocycles. The fourth-order valence-electron chi connectivity index (χ4n) is 2.43. The molecular formula is C14H16ClN3OS. The van der Waals surface area contributed by atoms with Crippen LogP contribution in [0, 0.1) is 0 Å². The lowest BCUT2D eigenvalue weighted by molar-refractivity contribution is 0.410. The molecule has 0 radical (unpaired) electrons. The molecule has 0 bridgehead atoms. The van der Waals surface area contributed by atoms with E-state index >= 15 is 0 Å². The van der Waals surface area contributed by atoms with Crippen LogP contribution in [-0.4, -0.2) is 20.8 Å². The zero-order valence-electron chi connectivity index (χ0n) is 11.4. The molecule has 0 spiro atoms. The molecule has 1 aliphatic rings. The van der Waals surface area contributed by atoms with Gasteiger partial charge >= 0.3 is 0 Å². The van der Waals surface area contributed by atoms with E-state index in [1.807, 2.05) is 18.2 Å². The molecule has 2 aromatic rings. The van der Waals surface area contributed by atoms with Gasteiger partial charge in [-0.2, -0.15) is 0 Å². The zero-order chi connectivity index (χ0) is 14.1. The average Bonchev–Trinajstić information content (AvgIpc) is 3.03. The molecular weight excluding hydrogens is 294 g/mol. The summed E-state index contributed by atoms with van der Waals surface area (Å²) >= 11 is 7.49. The minimum absolute atomic E-state index is 0.704.